The fraction of sp³-hybridized carbons (Fsp3) is 0.429. The molecule has 0 radical (unpaired) electrons. The van der Waals surface area contributed by atoms with Crippen LogP contribution in [0.3, 0.4) is 0 Å². The van der Waals surface area contributed by atoms with Crippen molar-refractivity contribution in [3.8, 4) is 5.75 Å². The molecule has 3 atom stereocenters. The maximum Gasteiger partial charge on any atom is 0.326 e. The van der Waals surface area contributed by atoms with E-state index in [1.807, 2.05) is 6.07 Å². The molecule has 0 bridgehead atoms. The topological polar surface area (TPSA) is 87.1 Å². The first-order valence-electron chi connectivity index (χ1n) is 6.42. The average Bonchev–Trinajstić information content (AvgIpc) is 2.81. The normalized spacial score (nSPS) is 23.4. The van der Waals surface area contributed by atoms with Gasteiger partial charge in [-0.25, -0.2) is 4.79 Å². The highest BCUT2D eigenvalue weighted by molar-refractivity contribution is 5.87. The van der Waals surface area contributed by atoms with Gasteiger partial charge in [-0.3, -0.25) is 4.79 Å². The lowest BCUT2D eigenvalue weighted by Crippen LogP contribution is -2.46. The Labute approximate surface area is 116 Å². The zero-order valence-corrected chi connectivity index (χ0v) is 11.1. The molecule has 6 nitrogen and oxygen atoms in total. The molecule has 2 rings (SSSR count). The average molecular weight is 279 g/mol. The predicted octanol–water partition coefficient (Wildman–Crippen LogP) is 0.500. The van der Waals surface area contributed by atoms with Crippen LogP contribution in [0, 0.1) is 0 Å². The van der Waals surface area contributed by atoms with Gasteiger partial charge in [0.05, 0.1) is 6.10 Å². The lowest BCUT2D eigenvalue weighted by Gasteiger charge is -2.25. The van der Waals surface area contributed by atoms with Gasteiger partial charge in [0, 0.05) is 13.0 Å². The summed E-state index contributed by atoms with van der Waals surface area (Å²) < 4.78 is 5.49. The molecular formula is C14H17NO5. The van der Waals surface area contributed by atoms with Crippen LogP contribution in [0.4, 0.5) is 0 Å². The van der Waals surface area contributed by atoms with Gasteiger partial charge in [0.25, 0.3) is 5.91 Å². The molecule has 20 heavy (non-hydrogen) atoms. The first-order chi connectivity index (χ1) is 9.49. The molecule has 0 aromatic heterocycles. The van der Waals surface area contributed by atoms with E-state index in [0.717, 1.165) is 0 Å². The van der Waals surface area contributed by atoms with Crippen molar-refractivity contribution in [1.29, 1.82) is 0 Å². The molecule has 1 amide bonds. The second-order valence-electron chi connectivity index (χ2n) is 4.81. The largest absolute Gasteiger partial charge is 0.481 e. The van der Waals surface area contributed by atoms with E-state index >= 15 is 0 Å². The van der Waals surface area contributed by atoms with Gasteiger partial charge in [0.1, 0.15) is 11.8 Å². The zero-order chi connectivity index (χ0) is 14.7. The quantitative estimate of drug-likeness (QED) is 0.838. The third kappa shape index (κ3) is 3.08. The first kappa shape index (κ1) is 14.3. The van der Waals surface area contributed by atoms with E-state index in [1.165, 1.54) is 4.90 Å². The molecule has 6 heteroatoms. The zero-order valence-electron chi connectivity index (χ0n) is 11.1. The number of aliphatic carboxylic acids is 1. The van der Waals surface area contributed by atoms with Crippen LogP contribution < -0.4 is 4.74 Å². The smallest absolute Gasteiger partial charge is 0.326 e. The Hall–Kier alpha value is -2.08. The SMILES string of the molecule is CC(Oc1ccccc1)C(=O)N1CC(O)CC1C(=O)O. The van der Waals surface area contributed by atoms with E-state index in [9.17, 15) is 14.7 Å². The van der Waals surface area contributed by atoms with Crippen molar-refractivity contribution in [3.05, 3.63) is 30.3 Å². The minimum absolute atomic E-state index is 0.0261. The Bertz CT molecular complexity index is 490. The van der Waals surface area contributed by atoms with Crippen LogP contribution in [-0.2, 0) is 9.59 Å². The van der Waals surface area contributed by atoms with E-state index in [0.29, 0.717) is 5.75 Å². The molecular weight excluding hydrogens is 262 g/mol. The van der Waals surface area contributed by atoms with Gasteiger partial charge in [-0.1, -0.05) is 18.2 Å². The molecule has 2 N–H and O–H groups in total. The molecule has 1 saturated heterocycles. The van der Waals surface area contributed by atoms with Gasteiger partial charge >= 0.3 is 5.97 Å². The maximum absolute atomic E-state index is 12.2. The van der Waals surface area contributed by atoms with Crippen LogP contribution >= 0.6 is 0 Å². The van der Waals surface area contributed by atoms with Gasteiger partial charge in [-0.05, 0) is 19.1 Å². The van der Waals surface area contributed by atoms with Gasteiger partial charge in [0.15, 0.2) is 6.10 Å². The fourth-order valence-electron chi connectivity index (χ4n) is 2.28. The van der Waals surface area contributed by atoms with E-state index in [1.54, 1.807) is 31.2 Å². The number of nitrogens with zero attached hydrogens (tertiary/aromatic N) is 1. The Balaban J connectivity index is 2.04. The van der Waals surface area contributed by atoms with Gasteiger partial charge in [-0.15, -0.1) is 0 Å². The van der Waals surface area contributed by atoms with Crippen LogP contribution in [-0.4, -0.2) is 51.8 Å². The molecule has 1 aromatic carbocycles. The Morgan fingerprint density at radius 2 is 2.00 bits per heavy atom. The summed E-state index contributed by atoms with van der Waals surface area (Å²) >= 11 is 0. The number of carbonyl (C=O) groups is 2. The summed E-state index contributed by atoms with van der Waals surface area (Å²) in [6.45, 7) is 1.59. The third-order valence-corrected chi connectivity index (χ3v) is 3.25. The number of rotatable bonds is 4. The first-order valence-corrected chi connectivity index (χ1v) is 6.42. The maximum atomic E-state index is 12.2. The second kappa shape index (κ2) is 5.92. The molecule has 1 fully saturated rings. The number of carboxylic acid groups (broad SMARTS) is 1. The number of hydrogen-bond acceptors (Lipinski definition) is 4. The number of carbonyl (C=O) groups excluding carboxylic acids is 1. The van der Waals surface area contributed by atoms with Crippen molar-refractivity contribution in [2.75, 3.05) is 6.54 Å². The molecule has 1 aromatic rings. The monoisotopic (exact) mass is 279 g/mol. The standard InChI is InChI=1S/C14H17NO5/c1-9(20-11-5-3-2-4-6-11)13(17)15-8-10(16)7-12(15)14(18)19/h2-6,9-10,12,16H,7-8H2,1H3,(H,18,19). The van der Waals surface area contributed by atoms with Crippen molar-refractivity contribution >= 4 is 11.9 Å². The van der Waals surface area contributed by atoms with Gasteiger partial charge in [-0.2, -0.15) is 0 Å². The van der Waals surface area contributed by atoms with Gasteiger partial charge < -0.3 is 19.8 Å². The number of benzene rings is 1. The summed E-state index contributed by atoms with van der Waals surface area (Å²) in [6, 6.07) is 7.85. The Morgan fingerprint density at radius 1 is 1.35 bits per heavy atom. The molecule has 0 spiro atoms. The molecule has 1 heterocycles. The number of likely N-dealkylation sites (tertiary alicyclic amines) is 1. The summed E-state index contributed by atoms with van der Waals surface area (Å²) in [4.78, 5) is 24.5. The summed E-state index contributed by atoms with van der Waals surface area (Å²) in [7, 11) is 0. The number of amides is 1. The highest BCUT2D eigenvalue weighted by Crippen LogP contribution is 2.20. The van der Waals surface area contributed by atoms with Crippen LogP contribution in [0.15, 0.2) is 30.3 Å². The molecule has 1 aliphatic heterocycles. The molecule has 108 valence electrons. The summed E-state index contributed by atoms with van der Waals surface area (Å²) in [5, 5.41) is 18.6. The Kier molecular flexibility index (Phi) is 4.24. The van der Waals surface area contributed by atoms with E-state index < -0.39 is 30.1 Å². The number of aliphatic hydroxyl groups is 1. The Morgan fingerprint density at radius 3 is 2.60 bits per heavy atom. The van der Waals surface area contributed by atoms with Crippen LogP contribution in [0.5, 0.6) is 5.75 Å². The minimum Gasteiger partial charge on any atom is -0.481 e. The summed E-state index contributed by atoms with van der Waals surface area (Å²) in [5.74, 6) is -1.00. The minimum atomic E-state index is -1.11. The molecule has 3 unspecified atom stereocenters. The van der Waals surface area contributed by atoms with Crippen LogP contribution in [0.25, 0.3) is 0 Å². The van der Waals surface area contributed by atoms with E-state index in [2.05, 4.69) is 0 Å². The van der Waals surface area contributed by atoms with E-state index in [-0.39, 0.29) is 13.0 Å². The number of carboxylic acids is 1. The van der Waals surface area contributed by atoms with Crippen molar-refractivity contribution in [3.63, 3.8) is 0 Å². The number of ether oxygens (including phenoxy) is 1. The van der Waals surface area contributed by atoms with Crippen LogP contribution in [0.2, 0.25) is 0 Å². The number of para-hydroxylation sites is 1. The molecule has 0 saturated carbocycles. The highest BCUT2D eigenvalue weighted by atomic mass is 16.5. The summed E-state index contributed by atoms with van der Waals surface area (Å²) in [6.07, 6.45) is -1.55. The fourth-order valence-corrected chi connectivity index (χ4v) is 2.28. The highest BCUT2D eigenvalue weighted by Gasteiger charge is 2.40. The van der Waals surface area contributed by atoms with Crippen LogP contribution in [0.1, 0.15) is 13.3 Å². The van der Waals surface area contributed by atoms with Crippen molar-refractivity contribution < 1.29 is 24.5 Å². The third-order valence-electron chi connectivity index (χ3n) is 3.25. The van der Waals surface area contributed by atoms with Crippen molar-refractivity contribution in [1.82, 2.24) is 4.90 Å². The number of hydrogen-bond donors (Lipinski definition) is 2. The molecule has 1 aliphatic rings. The van der Waals surface area contributed by atoms with Crippen molar-refractivity contribution in [2.45, 2.75) is 31.6 Å². The van der Waals surface area contributed by atoms with E-state index in [4.69, 9.17) is 9.84 Å². The second-order valence-corrected chi connectivity index (χ2v) is 4.81. The lowest BCUT2D eigenvalue weighted by molar-refractivity contribution is -0.150. The van der Waals surface area contributed by atoms with Crippen molar-refractivity contribution in [2.24, 2.45) is 0 Å². The molecule has 0 aliphatic carbocycles. The predicted molar refractivity (Wildman–Crippen MR) is 70.3 cm³/mol. The lowest BCUT2D eigenvalue weighted by atomic mass is 10.2. The van der Waals surface area contributed by atoms with Gasteiger partial charge in [0.2, 0.25) is 0 Å². The number of β-amino-alcohol motifs (C(OH)–C–C–N with tert-alkyl or cyclic N) is 1. The number of aliphatic hydroxyl groups excluding tert-OH is 1. The summed E-state index contributed by atoms with van der Waals surface area (Å²) in [5.41, 5.74) is 0.